The Morgan fingerprint density at radius 2 is 1.38 bits per heavy atom. The molecule has 0 unspecified atom stereocenters. The molecule has 2 amide bonds. The average Bonchev–Trinajstić information content (AvgIpc) is 2.73. The Morgan fingerprint density at radius 3 is 1.88 bits per heavy atom. The van der Waals surface area contributed by atoms with Crippen molar-refractivity contribution in [3.8, 4) is 17.2 Å². The molecule has 2 N–H and O–H groups in total. The van der Waals surface area contributed by atoms with Crippen LogP contribution in [0.2, 0.25) is 0 Å². The lowest BCUT2D eigenvalue weighted by atomic mass is 10.1. The largest absolute Gasteiger partial charge is 0.493 e. The number of carbonyl (C=O) groups is 2. The lowest BCUT2D eigenvalue weighted by molar-refractivity contribution is -0.123. The summed E-state index contributed by atoms with van der Waals surface area (Å²) in [6.45, 7) is 6.44. The van der Waals surface area contributed by atoms with Crippen molar-refractivity contribution in [2.24, 2.45) is 0 Å². The Kier molecular flexibility index (Phi) is 8.90. The summed E-state index contributed by atoms with van der Waals surface area (Å²) in [5.74, 6) is 1.17. The number of methoxy groups -OCH3 is 3. The smallest absolute Gasteiger partial charge is 0.238 e. The first-order valence-electron chi connectivity index (χ1n) is 10.3. The Balaban J connectivity index is 1.90. The molecule has 0 bridgehead atoms. The molecule has 2 aromatic carbocycles. The van der Waals surface area contributed by atoms with Gasteiger partial charge in [0.1, 0.15) is 0 Å². The van der Waals surface area contributed by atoms with Gasteiger partial charge in [-0.2, -0.15) is 0 Å². The summed E-state index contributed by atoms with van der Waals surface area (Å²) < 4.78 is 16.0. The molecule has 0 heterocycles. The number of carbonyl (C=O) groups excluding carboxylic acids is 2. The summed E-state index contributed by atoms with van der Waals surface area (Å²) in [6.07, 6.45) is 0. The van der Waals surface area contributed by atoms with Crippen LogP contribution in [0, 0.1) is 20.8 Å². The van der Waals surface area contributed by atoms with Crippen LogP contribution in [0.15, 0.2) is 24.3 Å². The molecule has 0 aliphatic carbocycles. The molecular formula is C24H33N3O5. The number of rotatable bonds is 10. The lowest BCUT2D eigenvalue weighted by Crippen LogP contribution is -2.38. The van der Waals surface area contributed by atoms with Crippen molar-refractivity contribution < 1.29 is 23.8 Å². The van der Waals surface area contributed by atoms with Crippen molar-refractivity contribution in [2.75, 3.05) is 46.8 Å². The van der Waals surface area contributed by atoms with E-state index in [2.05, 4.69) is 10.6 Å². The molecule has 0 aromatic heterocycles. The number of hydrogen-bond donors (Lipinski definition) is 2. The molecule has 0 saturated heterocycles. The van der Waals surface area contributed by atoms with E-state index in [9.17, 15) is 9.59 Å². The Bertz CT molecular complexity index is 926. The van der Waals surface area contributed by atoms with E-state index in [1.54, 1.807) is 38.3 Å². The number of amides is 2. The predicted octanol–water partition coefficient (Wildman–Crippen LogP) is 2.82. The maximum atomic E-state index is 12.5. The molecule has 8 heteroatoms. The molecule has 0 aliphatic rings. The van der Waals surface area contributed by atoms with Gasteiger partial charge in [-0.1, -0.05) is 17.7 Å². The summed E-state index contributed by atoms with van der Waals surface area (Å²) in [4.78, 5) is 26.5. The molecular weight excluding hydrogens is 410 g/mol. The Labute approximate surface area is 189 Å². The quantitative estimate of drug-likeness (QED) is 0.587. The number of nitrogens with one attached hydrogen (secondary N) is 2. The third-order valence-corrected chi connectivity index (χ3v) is 4.98. The lowest BCUT2D eigenvalue weighted by Gasteiger charge is -2.18. The standard InChI is InChI=1S/C24H33N3O5/c1-15-8-16(2)23(17(3)9-15)26-22(29)14-27(4)13-21(28)25-12-18-10-19(30-5)24(32-7)20(11-18)31-6/h8-11H,12-14H2,1-7H3,(H,25,28)(H,26,29). The number of hydrogen-bond acceptors (Lipinski definition) is 6. The summed E-state index contributed by atoms with van der Waals surface area (Å²) >= 11 is 0. The Morgan fingerprint density at radius 1 is 0.844 bits per heavy atom. The number of ether oxygens (including phenoxy) is 3. The van der Waals surface area contributed by atoms with Crippen LogP contribution in [0.5, 0.6) is 17.2 Å². The molecule has 0 radical (unpaired) electrons. The molecule has 0 fully saturated rings. The highest BCUT2D eigenvalue weighted by molar-refractivity contribution is 5.94. The van der Waals surface area contributed by atoms with Gasteiger partial charge in [0, 0.05) is 12.2 Å². The van der Waals surface area contributed by atoms with Crippen LogP contribution in [-0.2, 0) is 16.1 Å². The first-order chi connectivity index (χ1) is 15.2. The van der Waals surface area contributed by atoms with E-state index in [0.29, 0.717) is 17.2 Å². The monoisotopic (exact) mass is 443 g/mol. The molecule has 2 rings (SSSR count). The zero-order valence-electron chi connectivity index (χ0n) is 19.9. The first kappa shape index (κ1) is 25.0. The van der Waals surface area contributed by atoms with Crippen LogP contribution in [0.4, 0.5) is 5.69 Å². The van der Waals surface area contributed by atoms with Crippen molar-refractivity contribution in [3.05, 3.63) is 46.5 Å². The third-order valence-electron chi connectivity index (χ3n) is 4.98. The second-order valence-electron chi connectivity index (χ2n) is 7.80. The summed E-state index contributed by atoms with van der Waals surface area (Å²) in [5, 5.41) is 5.81. The van der Waals surface area contributed by atoms with Gasteiger partial charge >= 0.3 is 0 Å². The molecule has 0 atom stereocenters. The van der Waals surface area contributed by atoms with Crippen LogP contribution in [-0.4, -0.2) is 58.2 Å². The molecule has 0 spiro atoms. The third kappa shape index (κ3) is 6.62. The average molecular weight is 444 g/mol. The number of nitrogens with zero attached hydrogens (tertiary/aromatic N) is 1. The van der Waals surface area contributed by atoms with Gasteiger partial charge in [0.2, 0.25) is 17.6 Å². The van der Waals surface area contributed by atoms with E-state index in [-0.39, 0.29) is 31.4 Å². The summed E-state index contributed by atoms with van der Waals surface area (Å²) in [5.41, 5.74) is 4.81. The van der Waals surface area contributed by atoms with E-state index in [1.807, 2.05) is 32.9 Å². The molecule has 8 nitrogen and oxygen atoms in total. The fourth-order valence-corrected chi connectivity index (χ4v) is 3.60. The van der Waals surface area contributed by atoms with Gasteiger partial charge in [-0.3, -0.25) is 14.5 Å². The van der Waals surface area contributed by atoms with Crippen molar-refractivity contribution >= 4 is 17.5 Å². The minimum atomic E-state index is -0.197. The number of anilines is 1. The SMILES string of the molecule is COc1cc(CNC(=O)CN(C)CC(=O)Nc2c(C)cc(C)cc2C)cc(OC)c1OC. The number of aryl methyl sites for hydroxylation is 3. The molecule has 32 heavy (non-hydrogen) atoms. The van der Waals surface area contributed by atoms with Gasteiger partial charge in [0.15, 0.2) is 11.5 Å². The van der Waals surface area contributed by atoms with Crippen LogP contribution < -0.4 is 24.8 Å². The zero-order valence-corrected chi connectivity index (χ0v) is 19.9. The minimum Gasteiger partial charge on any atom is -0.493 e. The maximum absolute atomic E-state index is 12.5. The van der Waals surface area contributed by atoms with E-state index < -0.39 is 0 Å². The van der Waals surface area contributed by atoms with Crippen molar-refractivity contribution in [2.45, 2.75) is 27.3 Å². The van der Waals surface area contributed by atoms with E-state index in [0.717, 1.165) is 27.9 Å². The predicted molar refractivity (Wildman–Crippen MR) is 125 cm³/mol. The molecule has 0 saturated carbocycles. The summed E-state index contributed by atoms with van der Waals surface area (Å²) in [7, 11) is 6.35. The number of benzene rings is 2. The fourth-order valence-electron chi connectivity index (χ4n) is 3.60. The van der Waals surface area contributed by atoms with Crippen LogP contribution >= 0.6 is 0 Å². The topological polar surface area (TPSA) is 89.1 Å². The van der Waals surface area contributed by atoms with Crippen LogP contribution in [0.3, 0.4) is 0 Å². The second kappa shape index (κ2) is 11.4. The van der Waals surface area contributed by atoms with Crippen molar-refractivity contribution in [1.29, 1.82) is 0 Å². The van der Waals surface area contributed by atoms with Gasteiger partial charge in [-0.25, -0.2) is 0 Å². The molecule has 2 aromatic rings. The van der Waals surface area contributed by atoms with Gasteiger partial charge in [-0.15, -0.1) is 0 Å². The molecule has 174 valence electrons. The van der Waals surface area contributed by atoms with E-state index in [1.165, 1.54) is 7.11 Å². The zero-order chi connectivity index (χ0) is 23.8. The second-order valence-corrected chi connectivity index (χ2v) is 7.80. The minimum absolute atomic E-state index is 0.0870. The molecule has 0 aliphatic heterocycles. The number of likely N-dealkylation sites (N-methyl/N-ethyl adjacent to an activating group) is 1. The van der Waals surface area contributed by atoms with Crippen molar-refractivity contribution in [3.63, 3.8) is 0 Å². The van der Waals surface area contributed by atoms with Gasteiger partial charge in [0.05, 0.1) is 34.4 Å². The Hall–Kier alpha value is -3.26. The maximum Gasteiger partial charge on any atom is 0.238 e. The summed E-state index contributed by atoms with van der Waals surface area (Å²) in [6, 6.07) is 7.63. The highest BCUT2D eigenvalue weighted by atomic mass is 16.5. The highest BCUT2D eigenvalue weighted by Gasteiger charge is 2.15. The fraction of sp³-hybridized carbons (Fsp3) is 0.417. The normalized spacial score (nSPS) is 10.6. The van der Waals surface area contributed by atoms with Crippen molar-refractivity contribution in [1.82, 2.24) is 10.2 Å². The van der Waals surface area contributed by atoms with Gasteiger partial charge in [-0.05, 0) is 56.6 Å². The van der Waals surface area contributed by atoms with E-state index >= 15 is 0 Å². The van der Waals surface area contributed by atoms with Crippen LogP contribution in [0.25, 0.3) is 0 Å². The first-order valence-corrected chi connectivity index (χ1v) is 10.3. The van der Waals surface area contributed by atoms with Gasteiger partial charge in [0.25, 0.3) is 0 Å². The van der Waals surface area contributed by atoms with Crippen LogP contribution in [0.1, 0.15) is 22.3 Å². The van der Waals surface area contributed by atoms with Gasteiger partial charge < -0.3 is 24.8 Å². The highest BCUT2D eigenvalue weighted by Crippen LogP contribution is 2.38. The van der Waals surface area contributed by atoms with E-state index in [4.69, 9.17) is 14.2 Å².